The molecule has 1 N–H and O–H groups in total. The van der Waals surface area contributed by atoms with Crippen LogP contribution in [0.4, 0.5) is 5.69 Å². The van der Waals surface area contributed by atoms with Crippen LogP contribution in [0.5, 0.6) is 0 Å². The third kappa shape index (κ3) is 5.08. The first-order valence-corrected chi connectivity index (χ1v) is 9.13. The van der Waals surface area contributed by atoms with E-state index < -0.39 is 4.92 Å². The summed E-state index contributed by atoms with van der Waals surface area (Å²) in [7, 11) is 0. The number of amides is 1. The first kappa shape index (κ1) is 20.3. The van der Waals surface area contributed by atoms with Crippen molar-refractivity contribution in [1.29, 1.82) is 0 Å². The zero-order chi connectivity index (χ0) is 21.0. The van der Waals surface area contributed by atoms with Gasteiger partial charge in [-0.3, -0.25) is 14.9 Å². The zero-order valence-corrected chi connectivity index (χ0v) is 16.6. The molecule has 148 valence electrons. The number of furan rings is 1. The molecule has 8 heteroatoms. The predicted molar refractivity (Wildman–Crippen MR) is 111 cm³/mol. The number of hydrazone groups is 1. The smallest absolute Gasteiger partial charge is 0.270 e. The highest BCUT2D eigenvalue weighted by Crippen LogP contribution is 2.32. The molecule has 0 aliphatic heterocycles. The molecule has 0 spiro atoms. The quantitative estimate of drug-likeness (QED) is 0.357. The number of hydrogen-bond donors (Lipinski definition) is 1. The minimum absolute atomic E-state index is 0.0883. The van der Waals surface area contributed by atoms with Crippen molar-refractivity contribution in [3.8, 4) is 11.3 Å². The minimum Gasteiger partial charge on any atom is -0.455 e. The molecule has 7 nitrogen and oxygen atoms in total. The van der Waals surface area contributed by atoms with Gasteiger partial charge in [-0.05, 0) is 43.2 Å². The zero-order valence-electron chi connectivity index (χ0n) is 15.8. The molecular formula is C21H18ClN3O4. The molecule has 0 aliphatic carbocycles. The van der Waals surface area contributed by atoms with Crippen LogP contribution < -0.4 is 5.43 Å². The number of nitro groups is 1. The molecular weight excluding hydrogens is 394 g/mol. The largest absolute Gasteiger partial charge is 0.455 e. The topological polar surface area (TPSA) is 97.7 Å². The molecule has 0 atom stereocenters. The Morgan fingerprint density at radius 1 is 1.21 bits per heavy atom. The maximum absolute atomic E-state index is 12.1. The molecule has 3 aromatic rings. The van der Waals surface area contributed by atoms with E-state index in [4.69, 9.17) is 16.0 Å². The molecule has 0 radical (unpaired) electrons. The SMILES string of the molecule is Cc1ccc(CC(=O)N/N=C\c2ccc(-c3cc([N+](=O)[O-])ccc3Cl)o2)c(C)c1. The third-order valence-electron chi connectivity index (χ3n) is 4.28. The Morgan fingerprint density at radius 3 is 2.72 bits per heavy atom. The summed E-state index contributed by atoms with van der Waals surface area (Å²) < 4.78 is 5.61. The number of carbonyl (C=O) groups excluding carboxylic acids is 1. The Balaban J connectivity index is 1.65. The summed E-state index contributed by atoms with van der Waals surface area (Å²) in [6.07, 6.45) is 1.57. The minimum atomic E-state index is -0.504. The highest BCUT2D eigenvalue weighted by molar-refractivity contribution is 6.33. The number of carbonyl (C=O) groups is 1. The van der Waals surface area contributed by atoms with Crippen LogP contribution in [0, 0.1) is 24.0 Å². The van der Waals surface area contributed by atoms with Crippen molar-refractivity contribution in [2.45, 2.75) is 20.3 Å². The first-order valence-electron chi connectivity index (χ1n) is 8.75. The van der Waals surface area contributed by atoms with E-state index in [9.17, 15) is 14.9 Å². The van der Waals surface area contributed by atoms with Crippen LogP contribution in [0.3, 0.4) is 0 Å². The monoisotopic (exact) mass is 411 g/mol. The summed E-state index contributed by atoms with van der Waals surface area (Å²) in [5.41, 5.74) is 5.90. The Bertz CT molecular complexity index is 1110. The van der Waals surface area contributed by atoms with Crippen LogP contribution in [0.25, 0.3) is 11.3 Å². The molecule has 0 fully saturated rings. The van der Waals surface area contributed by atoms with Crippen LogP contribution in [0.2, 0.25) is 5.02 Å². The molecule has 3 rings (SSSR count). The lowest BCUT2D eigenvalue weighted by Crippen LogP contribution is -2.20. The lowest BCUT2D eigenvalue weighted by Gasteiger charge is -2.05. The van der Waals surface area contributed by atoms with Gasteiger partial charge in [-0.2, -0.15) is 5.10 Å². The highest BCUT2D eigenvalue weighted by atomic mass is 35.5. The van der Waals surface area contributed by atoms with E-state index in [1.165, 1.54) is 24.4 Å². The van der Waals surface area contributed by atoms with Gasteiger partial charge in [0.25, 0.3) is 5.69 Å². The highest BCUT2D eigenvalue weighted by Gasteiger charge is 2.14. The number of nitrogens with one attached hydrogen (secondary N) is 1. The second kappa shape index (κ2) is 8.70. The number of hydrogen-bond acceptors (Lipinski definition) is 5. The summed E-state index contributed by atoms with van der Waals surface area (Å²) in [5, 5.41) is 15.2. The summed E-state index contributed by atoms with van der Waals surface area (Å²) in [6, 6.07) is 13.3. The molecule has 0 unspecified atom stereocenters. The van der Waals surface area contributed by atoms with Gasteiger partial charge in [0, 0.05) is 17.7 Å². The van der Waals surface area contributed by atoms with Crippen LogP contribution >= 0.6 is 11.6 Å². The normalized spacial score (nSPS) is 11.0. The van der Waals surface area contributed by atoms with Crippen molar-refractivity contribution in [2.75, 3.05) is 0 Å². The first-order chi connectivity index (χ1) is 13.8. The number of halogens is 1. The van der Waals surface area contributed by atoms with E-state index in [0.717, 1.165) is 16.7 Å². The molecule has 2 aromatic carbocycles. The van der Waals surface area contributed by atoms with Gasteiger partial charge in [-0.1, -0.05) is 35.4 Å². The van der Waals surface area contributed by atoms with Gasteiger partial charge >= 0.3 is 0 Å². The van der Waals surface area contributed by atoms with E-state index in [1.54, 1.807) is 12.1 Å². The fourth-order valence-corrected chi connectivity index (χ4v) is 3.02. The van der Waals surface area contributed by atoms with Crippen LogP contribution in [-0.2, 0) is 11.2 Å². The molecule has 1 heterocycles. The van der Waals surface area contributed by atoms with Gasteiger partial charge in [-0.25, -0.2) is 5.43 Å². The van der Waals surface area contributed by atoms with Crippen molar-refractivity contribution in [3.63, 3.8) is 0 Å². The Labute approximate surface area is 172 Å². The number of nitrogens with zero attached hydrogens (tertiary/aromatic N) is 2. The predicted octanol–water partition coefficient (Wildman–Crippen LogP) is 4.82. The lowest BCUT2D eigenvalue weighted by molar-refractivity contribution is -0.384. The summed E-state index contributed by atoms with van der Waals surface area (Å²) in [6.45, 7) is 3.96. The van der Waals surface area contributed by atoms with Crippen LogP contribution in [0.15, 0.2) is 58.0 Å². The van der Waals surface area contributed by atoms with Gasteiger partial charge in [-0.15, -0.1) is 0 Å². The molecule has 0 aliphatic rings. The number of rotatable bonds is 6. The fraction of sp³-hybridized carbons (Fsp3) is 0.143. The number of benzene rings is 2. The van der Waals surface area contributed by atoms with Crippen LogP contribution in [-0.4, -0.2) is 17.0 Å². The van der Waals surface area contributed by atoms with E-state index in [1.807, 2.05) is 32.0 Å². The number of nitro benzene ring substituents is 1. The molecule has 29 heavy (non-hydrogen) atoms. The average molecular weight is 412 g/mol. The molecule has 1 amide bonds. The maximum atomic E-state index is 12.1. The Hall–Kier alpha value is -3.45. The van der Waals surface area contributed by atoms with Gasteiger partial charge in [0.15, 0.2) is 0 Å². The molecule has 0 saturated carbocycles. The van der Waals surface area contributed by atoms with E-state index in [2.05, 4.69) is 10.5 Å². The standard InChI is InChI=1S/C21H18ClN3O4/c1-13-3-4-15(14(2)9-13)10-21(26)24-23-12-17-6-8-20(29-17)18-11-16(25(27)28)5-7-19(18)22/h3-9,11-12H,10H2,1-2H3,(H,24,26)/b23-12-. The van der Waals surface area contributed by atoms with Crippen molar-refractivity contribution < 1.29 is 14.1 Å². The van der Waals surface area contributed by atoms with Crippen LogP contribution in [0.1, 0.15) is 22.5 Å². The number of non-ortho nitro benzene ring substituents is 1. The third-order valence-corrected chi connectivity index (χ3v) is 4.61. The van der Waals surface area contributed by atoms with E-state index in [0.29, 0.717) is 22.1 Å². The molecule has 1 aromatic heterocycles. The van der Waals surface area contributed by atoms with E-state index in [-0.39, 0.29) is 18.0 Å². The summed E-state index contributed by atoms with van der Waals surface area (Å²) in [4.78, 5) is 22.5. The second-order valence-electron chi connectivity index (χ2n) is 6.52. The maximum Gasteiger partial charge on any atom is 0.270 e. The molecule has 0 bridgehead atoms. The van der Waals surface area contributed by atoms with Crippen molar-refractivity contribution in [3.05, 3.63) is 86.1 Å². The van der Waals surface area contributed by atoms with Crippen molar-refractivity contribution >= 4 is 29.4 Å². The average Bonchev–Trinajstić information content (AvgIpc) is 3.13. The lowest BCUT2D eigenvalue weighted by atomic mass is 10.0. The Morgan fingerprint density at radius 2 is 2.00 bits per heavy atom. The Kier molecular flexibility index (Phi) is 6.09. The van der Waals surface area contributed by atoms with Gasteiger partial charge < -0.3 is 4.42 Å². The summed E-state index contributed by atoms with van der Waals surface area (Å²) >= 11 is 6.12. The second-order valence-corrected chi connectivity index (χ2v) is 6.93. The van der Waals surface area contributed by atoms with Crippen molar-refractivity contribution in [2.24, 2.45) is 5.10 Å². The number of aryl methyl sites for hydroxylation is 2. The van der Waals surface area contributed by atoms with E-state index >= 15 is 0 Å². The fourth-order valence-electron chi connectivity index (χ4n) is 2.81. The van der Waals surface area contributed by atoms with Gasteiger partial charge in [0.1, 0.15) is 11.5 Å². The van der Waals surface area contributed by atoms with Gasteiger partial charge in [0.2, 0.25) is 5.91 Å². The summed E-state index contributed by atoms with van der Waals surface area (Å²) in [5.74, 6) is 0.484. The van der Waals surface area contributed by atoms with Crippen molar-refractivity contribution in [1.82, 2.24) is 5.43 Å². The van der Waals surface area contributed by atoms with Gasteiger partial charge in [0.05, 0.1) is 22.6 Å². The molecule has 0 saturated heterocycles.